The number of ketones is 1. The lowest BCUT2D eigenvalue weighted by Gasteiger charge is -2.32. The number of carbonyl (C=O) groups is 1. The molecule has 0 aromatic heterocycles. The average Bonchev–Trinajstić information content (AvgIpc) is 2.82. The number of hydrogen-bond donors (Lipinski definition) is 0. The van der Waals surface area contributed by atoms with E-state index >= 15 is 0 Å². The molecule has 0 atom stereocenters. The van der Waals surface area contributed by atoms with Gasteiger partial charge >= 0.3 is 7.12 Å². The summed E-state index contributed by atoms with van der Waals surface area (Å²) in [5, 5.41) is 0. The zero-order valence-electron chi connectivity index (χ0n) is 16.3. The molecular formula is C21H25BF2O3. The van der Waals surface area contributed by atoms with E-state index in [9.17, 15) is 13.6 Å². The molecule has 0 radical (unpaired) electrons. The van der Waals surface area contributed by atoms with Gasteiger partial charge in [-0.15, -0.1) is 0 Å². The third-order valence-corrected chi connectivity index (χ3v) is 5.72. The van der Waals surface area contributed by atoms with E-state index in [0.717, 1.165) is 54.9 Å². The second kappa shape index (κ2) is 7.32. The summed E-state index contributed by atoms with van der Waals surface area (Å²) in [4.78, 5) is 12.3. The lowest BCUT2D eigenvalue weighted by Crippen LogP contribution is -2.41. The van der Waals surface area contributed by atoms with Crippen LogP contribution in [0.25, 0.3) is 0 Å². The molecule has 6 heteroatoms. The molecule has 3 rings (SSSR count). The molecule has 1 aliphatic carbocycles. The third-order valence-electron chi connectivity index (χ3n) is 5.72. The Morgan fingerprint density at radius 2 is 1.70 bits per heavy atom. The van der Waals surface area contributed by atoms with Gasteiger partial charge < -0.3 is 9.31 Å². The highest BCUT2D eigenvalue weighted by atomic mass is 19.1. The maximum Gasteiger partial charge on any atom is 0.490 e. The van der Waals surface area contributed by atoms with Gasteiger partial charge in [0.05, 0.1) is 16.8 Å². The van der Waals surface area contributed by atoms with E-state index in [1.807, 2.05) is 27.7 Å². The highest BCUT2D eigenvalue weighted by Gasteiger charge is 2.52. The summed E-state index contributed by atoms with van der Waals surface area (Å²) in [5.41, 5.74) is 0.878. The number of rotatable bonds is 4. The Labute approximate surface area is 159 Å². The second-order valence-electron chi connectivity index (χ2n) is 8.17. The predicted octanol–water partition coefficient (Wildman–Crippen LogP) is 5.21. The first kappa shape index (κ1) is 20.0. The zero-order valence-corrected chi connectivity index (χ0v) is 16.3. The summed E-state index contributed by atoms with van der Waals surface area (Å²) >= 11 is 0. The number of benzene rings is 1. The average molecular weight is 374 g/mol. The van der Waals surface area contributed by atoms with Gasteiger partial charge in [0, 0.05) is 0 Å². The molecule has 1 heterocycles. The van der Waals surface area contributed by atoms with Gasteiger partial charge in [-0.25, -0.2) is 8.78 Å². The molecule has 1 fully saturated rings. The van der Waals surface area contributed by atoms with Crippen molar-refractivity contribution < 1.29 is 22.9 Å². The van der Waals surface area contributed by atoms with Gasteiger partial charge in [-0.3, -0.25) is 4.79 Å². The Balaban J connectivity index is 1.86. The van der Waals surface area contributed by atoms with E-state index in [1.54, 1.807) is 6.08 Å². The minimum atomic E-state index is -0.727. The molecule has 27 heavy (non-hydrogen) atoms. The molecule has 3 nitrogen and oxygen atoms in total. The predicted molar refractivity (Wildman–Crippen MR) is 101 cm³/mol. The Bertz CT molecular complexity index is 796. The van der Waals surface area contributed by atoms with Crippen LogP contribution in [0.2, 0.25) is 0 Å². The van der Waals surface area contributed by atoms with Crippen molar-refractivity contribution in [2.24, 2.45) is 0 Å². The zero-order chi connectivity index (χ0) is 19.8. The molecule has 1 aromatic rings. The Morgan fingerprint density at radius 3 is 2.37 bits per heavy atom. The highest BCUT2D eigenvalue weighted by molar-refractivity contribution is 6.55. The van der Waals surface area contributed by atoms with Crippen LogP contribution >= 0.6 is 0 Å². The molecule has 1 saturated heterocycles. The summed E-state index contributed by atoms with van der Waals surface area (Å²) in [6.45, 7) is 8.01. The van der Waals surface area contributed by atoms with E-state index in [0.29, 0.717) is 0 Å². The van der Waals surface area contributed by atoms with E-state index in [4.69, 9.17) is 9.31 Å². The van der Waals surface area contributed by atoms with Crippen LogP contribution < -0.4 is 0 Å². The van der Waals surface area contributed by atoms with Crippen LogP contribution in [0.4, 0.5) is 8.78 Å². The van der Waals surface area contributed by atoms with Crippen molar-refractivity contribution in [1.82, 2.24) is 0 Å². The van der Waals surface area contributed by atoms with E-state index in [1.165, 1.54) is 6.08 Å². The fourth-order valence-electron chi connectivity index (χ4n) is 3.35. The molecule has 0 bridgehead atoms. The van der Waals surface area contributed by atoms with Crippen LogP contribution in [0, 0.1) is 11.6 Å². The summed E-state index contributed by atoms with van der Waals surface area (Å²) in [7, 11) is -0.448. The van der Waals surface area contributed by atoms with E-state index < -0.39 is 35.7 Å². The van der Waals surface area contributed by atoms with Crippen molar-refractivity contribution in [2.45, 2.75) is 64.6 Å². The van der Waals surface area contributed by atoms with Crippen molar-refractivity contribution in [3.8, 4) is 0 Å². The van der Waals surface area contributed by atoms with Crippen LogP contribution in [0.5, 0.6) is 0 Å². The van der Waals surface area contributed by atoms with Gasteiger partial charge in [0.2, 0.25) is 0 Å². The van der Waals surface area contributed by atoms with Gasteiger partial charge in [-0.1, -0.05) is 11.6 Å². The van der Waals surface area contributed by atoms with Crippen molar-refractivity contribution in [3.05, 3.63) is 58.6 Å². The van der Waals surface area contributed by atoms with E-state index in [2.05, 4.69) is 0 Å². The van der Waals surface area contributed by atoms with Crippen LogP contribution in [0.15, 0.2) is 41.4 Å². The number of allylic oxidation sites excluding steroid dienone is 4. The number of carbonyl (C=O) groups excluding carboxylic acids is 1. The summed E-state index contributed by atoms with van der Waals surface area (Å²) in [6, 6.07) is 2.88. The molecule has 0 amide bonds. The van der Waals surface area contributed by atoms with Crippen LogP contribution in [0.1, 0.15) is 63.7 Å². The summed E-state index contributed by atoms with van der Waals surface area (Å²) < 4.78 is 39.4. The Kier molecular flexibility index (Phi) is 5.41. The fraction of sp³-hybridized carbons (Fsp3) is 0.476. The lowest BCUT2D eigenvalue weighted by molar-refractivity contribution is 0.00578. The van der Waals surface area contributed by atoms with Gasteiger partial charge in [0.15, 0.2) is 5.78 Å². The highest BCUT2D eigenvalue weighted by Crippen LogP contribution is 2.41. The number of hydrogen-bond acceptors (Lipinski definition) is 3. The smallest absolute Gasteiger partial charge is 0.400 e. The summed E-state index contributed by atoms with van der Waals surface area (Å²) in [6.07, 6.45) is 6.68. The van der Waals surface area contributed by atoms with Crippen molar-refractivity contribution >= 4 is 12.9 Å². The van der Waals surface area contributed by atoms with E-state index in [-0.39, 0.29) is 5.56 Å². The fourth-order valence-corrected chi connectivity index (χ4v) is 3.35. The molecular weight excluding hydrogens is 349 g/mol. The maximum atomic E-state index is 13.8. The molecule has 1 aromatic carbocycles. The molecule has 1 aliphatic heterocycles. The van der Waals surface area contributed by atoms with Crippen molar-refractivity contribution in [3.63, 3.8) is 0 Å². The SMILES string of the molecule is CC1(C)OB(C2=C(C=CC(=O)c3cc(F)ccc3F)CCCC2)OC1(C)C. The lowest BCUT2D eigenvalue weighted by atomic mass is 9.69. The largest absolute Gasteiger partial charge is 0.490 e. The van der Waals surface area contributed by atoms with Crippen molar-refractivity contribution in [1.29, 1.82) is 0 Å². The molecule has 0 saturated carbocycles. The molecule has 0 spiro atoms. The minimum Gasteiger partial charge on any atom is -0.400 e. The van der Waals surface area contributed by atoms with Crippen molar-refractivity contribution in [2.75, 3.05) is 0 Å². The van der Waals surface area contributed by atoms with Gasteiger partial charge in [-0.2, -0.15) is 0 Å². The Morgan fingerprint density at radius 1 is 1.07 bits per heavy atom. The maximum absolute atomic E-state index is 13.8. The topological polar surface area (TPSA) is 35.5 Å². The van der Waals surface area contributed by atoms with Crippen LogP contribution in [-0.4, -0.2) is 24.1 Å². The minimum absolute atomic E-state index is 0.264. The first-order chi connectivity index (χ1) is 12.6. The Hall–Kier alpha value is -1.79. The second-order valence-corrected chi connectivity index (χ2v) is 8.17. The van der Waals surface area contributed by atoms with Gasteiger partial charge in [0.25, 0.3) is 0 Å². The molecule has 0 N–H and O–H groups in total. The monoisotopic (exact) mass is 374 g/mol. The quantitative estimate of drug-likeness (QED) is 0.413. The first-order valence-electron chi connectivity index (χ1n) is 9.36. The van der Waals surface area contributed by atoms with Crippen LogP contribution in [-0.2, 0) is 9.31 Å². The number of halogens is 2. The summed E-state index contributed by atoms with van der Waals surface area (Å²) in [5.74, 6) is -1.92. The molecule has 0 unspecified atom stereocenters. The van der Waals surface area contributed by atoms with Gasteiger partial charge in [-0.05, 0) is 83.1 Å². The van der Waals surface area contributed by atoms with Crippen LogP contribution in [0.3, 0.4) is 0 Å². The normalized spacial score (nSPS) is 21.9. The first-order valence-corrected chi connectivity index (χ1v) is 9.36. The molecule has 2 aliphatic rings. The van der Waals surface area contributed by atoms with Gasteiger partial charge in [0.1, 0.15) is 11.6 Å². The standard InChI is InChI=1S/C21H25BF2O3/c1-20(2)21(3,4)27-22(26-20)17-8-6-5-7-14(17)9-12-19(25)16-13-15(23)10-11-18(16)24/h9-13H,5-8H2,1-4H3. The molecule has 144 valence electrons. The third kappa shape index (κ3) is 4.07.